The van der Waals surface area contributed by atoms with Gasteiger partial charge in [-0.25, -0.2) is 4.39 Å². The second kappa shape index (κ2) is 10.0. The van der Waals surface area contributed by atoms with Gasteiger partial charge in [0.15, 0.2) is 0 Å². The lowest BCUT2D eigenvalue weighted by Gasteiger charge is -2.17. The lowest BCUT2D eigenvalue weighted by atomic mass is 9.88. The predicted molar refractivity (Wildman–Crippen MR) is 98.4 cm³/mol. The molecule has 1 fully saturated rings. The number of hydrogen-bond donors (Lipinski definition) is 2. The number of rotatable bonds is 9. The molecule has 0 aliphatic heterocycles. The average molecular weight is 416 g/mol. The number of aliphatic hydroxyl groups excluding tert-OH is 1. The van der Waals surface area contributed by atoms with Gasteiger partial charge >= 0.3 is 12.1 Å². The molecule has 0 radical (unpaired) electrons. The predicted octanol–water partition coefficient (Wildman–Crippen LogP) is 4.85. The number of halogens is 4. The standard InChI is InChI=1S/C21H24F4O4/c22-20-13(6-5-8-16(20)21(23,24)25)10-11-15-14(17(26)12-18(15)27)7-3-1-2-4-9-19(28)29/h5-6,8,10-11,14-15,18,27H,1-4,7,9,12H2,(H,28,29). The molecule has 2 rings (SSSR count). The SMILES string of the molecule is O=C(O)CCCCCCC1C(=O)CC(O)C1C=Cc1cccc(C(F)(F)F)c1F. The highest BCUT2D eigenvalue weighted by atomic mass is 19.4. The van der Waals surface area contributed by atoms with E-state index in [2.05, 4.69) is 0 Å². The molecule has 2 N–H and O–H groups in total. The van der Waals surface area contributed by atoms with E-state index >= 15 is 0 Å². The van der Waals surface area contributed by atoms with Gasteiger partial charge in [-0.3, -0.25) is 9.59 Å². The maximum atomic E-state index is 14.1. The van der Waals surface area contributed by atoms with E-state index < -0.39 is 41.5 Å². The minimum absolute atomic E-state index is 0.0379. The number of carbonyl (C=O) groups is 2. The van der Waals surface area contributed by atoms with Crippen LogP contribution in [0.5, 0.6) is 0 Å². The number of hydrogen-bond acceptors (Lipinski definition) is 3. The molecule has 0 aromatic heterocycles. The quantitative estimate of drug-likeness (QED) is 0.446. The molecule has 4 nitrogen and oxygen atoms in total. The van der Waals surface area contributed by atoms with Crippen LogP contribution < -0.4 is 0 Å². The average Bonchev–Trinajstić information content (AvgIpc) is 2.88. The summed E-state index contributed by atoms with van der Waals surface area (Å²) in [7, 11) is 0. The van der Waals surface area contributed by atoms with Crippen LogP contribution in [0.1, 0.15) is 56.1 Å². The molecular weight excluding hydrogens is 392 g/mol. The van der Waals surface area contributed by atoms with Gasteiger partial charge in [-0.05, 0) is 18.9 Å². The molecule has 0 heterocycles. The summed E-state index contributed by atoms with van der Waals surface area (Å²) in [6.45, 7) is 0. The monoisotopic (exact) mass is 416 g/mol. The molecule has 160 valence electrons. The number of carbonyl (C=O) groups excluding carboxylic acids is 1. The van der Waals surface area contributed by atoms with Gasteiger partial charge < -0.3 is 10.2 Å². The first-order valence-corrected chi connectivity index (χ1v) is 9.57. The largest absolute Gasteiger partial charge is 0.481 e. The summed E-state index contributed by atoms with van der Waals surface area (Å²) in [5.41, 5.74) is -1.61. The Morgan fingerprint density at radius 3 is 2.52 bits per heavy atom. The Labute approximate surface area is 166 Å². The molecule has 8 heteroatoms. The van der Waals surface area contributed by atoms with Crippen LogP contribution in [0, 0.1) is 17.7 Å². The van der Waals surface area contributed by atoms with Gasteiger partial charge in [-0.1, -0.05) is 43.5 Å². The lowest BCUT2D eigenvalue weighted by Crippen LogP contribution is -2.18. The van der Waals surface area contributed by atoms with Crippen LogP contribution in [0.4, 0.5) is 17.6 Å². The van der Waals surface area contributed by atoms with E-state index in [0.717, 1.165) is 12.5 Å². The topological polar surface area (TPSA) is 74.6 Å². The molecule has 1 saturated carbocycles. The molecule has 3 atom stereocenters. The van der Waals surface area contributed by atoms with E-state index in [9.17, 15) is 32.3 Å². The zero-order valence-electron chi connectivity index (χ0n) is 15.8. The van der Waals surface area contributed by atoms with Crippen LogP contribution in [-0.2, 0) is 15.8 Å². The van der Waals surface area contributed by atoms with Crippen LogP contribution in [-0.4, -0.2) is 28.1 Å². The van der Waals surface area contributed by atoms with Gasteiger partial charge in [0.2, 0.25) is 0 Å². The number of alkyl halides is 3. The van der Waals surface area contributed by atoms with E-state index in [4.69, 9.17) is 5.11 Å². The summed E-state index contributed by atoms with van der Waals surface area (Å²) in [5.74, 6) is -3.43. The molecule has 0 saturated heterocycles. The first-order chi connectivity index (χ1) is 13.6. The highest BCUT2D eigenvalue weighted by Gasteiger charge is 2.39. The van der Waals surface area contributed by atoms with E-state index in [1.165, 1.54) is 18.2 Å². The maximum Gasteiger partial charge on any atom is 0.419 e. The Balaban J connectivity index is 2.02. The third kappa shape index (κ3) is 6.39. The molecule has 1 aliphatic rings. The minimum atomic E-state index is -4.81. The Morgan fingerprint density at radius 1 is 1.17 bits per heavy atom. The van der Waals surface area contributed by atoms with Crippen molar-refractivity contribution in [2.24, 2.45) is 11.8 Å². The highest BCUT2D eigenvalue weighted by Crippen LogP contribution is 2.36. The fourth-order valence-electron chi connectivity index (χ4n) is 3.70. The van der Waals surface area contributed by atoms with Gasteiger partial charge in [0.05, 0.1) is 11.7 Å². The Hall–Kier alpha value is -2.22. The van der Waals surface area contributed by atoms with Crippen molar-refractivity contribution in [3.8, 4) is 0 Å². The van der Waals surface area contributed by atoms with Crippen molar-refractivity contribution >= 4 is 17.8 Å². The van der Waals surface area contributed by atoms with Gasteiger partial charge in [0.1, 0.15) is 11.6 Å². The number of ketones is 1. The van der Waals surface area contributed by atoms with Crippen molar-refractivity contribution in [2.45, 2.75) is 57.2 Å². The number of carboxylic acid groups (broad SMARTS) is 1. The Bertz CT molecular complexity index is 758. The summed E-state index contributed by atoms with van der Waals surface area (Å²) >= 11 is 0. The summed E-state index contributed by atoms with van der Waals surface area (Å²) in [5, 5.41) is 18.8. The van der Waals surface area contributed by atoms with E-state index in [1.54, 1.807) is 0 Å². The van der Waals surface area contributed by atoms with E-state index in [1.807, 2.05) is 0 Å². The molecule has 0 bridgehead atoms. The number of aliphatic carboxylic acids is 1. The van der Waals surface area contributed by atoms with Crippen LogP contribution in [0.2, 0.25) is 0 Å². The van der Waals surface area contributed by atoms with Crippen LogP contribution in [0.25, 0.3) is 6.08 Å². The Morgan fingerprint density at radius 2 is 1.86 bits per heavy atom. The van der Waals surface area contributed by atoms with Gasteiger partial charge in [-0.15, -0.1) is 0 Å². The summed E-state index contributed by atoms with van der Waals surface area (Å²) < 4.78 is 52.7. The van der Waals surface area contributed by atoms with Crippen LogP contribution in [0.3, 0.4) is 0 Å². The van der Waals surface area contributed by atoms with Crippen molar-refractivity contribution in [1.29, 1.82) is 0 Å². The van der Waals surface area contributed by atoms with Gasteiger partial charge in [0, 0.05) is 30.2 Å². The van der Waals surface area contributed by atoms with Crippen molar-refractivity contribution < 1.29 is 37.4 Å². The summed E-state index contributed by atoms with van der Waals surface area (Å²) in [6, 6.07) is 2.98. The number of aliphatic hydroxyl groups is 1. The molecule has 1 aliphatic carbocycles. The summed E-state index contributed by atoms with van der Waals surface area (Å²) in [6.07, 6.45) is 0.0729. The van der Waals surface area contributed by atoms with E-state index in [0.29, 0.717) is 31.7 Å². The van der Waals surface area contributed by atoms with Gasteiger partial charge in [-0.2, -0.15) is 13.2 Å². The third-order valence-electron chi connectivity index (χ3n) is 5.22. The minimum Gasteiger partial charge on any atom is -0.481 e. The summed E-state index contributed by atoms with van der Waals surface area (Å²) in [4.78, 5) is 22.7. The van der Waals surface area contributed by atoms with Crippen molar-refractivity contribution in [2.75, 3.05) is 0 Å². The molecule has 1 aromatic carbocycles. The molecular formula is C21H24F4O4. The molecule has 3 unspecified atom stereocenters. The zero-order chi connectivity index (χ0) is 21.6. The maximum absolute atomic E-state index is 14.1. The van der Waals surface area contributed by atoms with Crippen LogP contribution in [0.15, 0.2) is 24.3 Å². The lowest BCUT2D eigenvalue weighted by molar-refractivity contribution is -0.140. The smallest absolute Gasteiger partial charge is 0.419 e. The number of Topliss-reactive ketones (excluding diaryl/α,β-unsaturated/α-hetero) is 1. The zero-order valence-corrected chi connectivity index (χ0v) is 15.8. The number of carboxylic acids is 1. The molecule has 29 heavy (non-hydrogen) atoms. The normalized spacial score (nSPS) is 22.5. The Kier molecular flexibility index (Phi) is 7.96. The number of unbranched alkanes of at least 4 members (excludes halogenated alkanes) is 3. The number of benzene rings is 1. The van der Waals surface area contributed by atoms with Gasteiger partial charge in [0.25, 0.3) is 0 Å². The fraction of sp³-hybridized carbons (Fsp3) is 0.524. The fourth-order valence-corrected chi connectivity index (χ4v) is 3.70. The molecule has 1 aromatic rings. The second-order valence-electron chi connectivity index (χ2n) is 7.33. The highest BCUT2D eigenvalue weighted by molar-refractivity contribution is 5.85. The third-order valence-corrected chi connectivity index (χ3v) is 5.22. The molecule has 0 amide bonds. The van der Waals surface area contributed by atoms with Crippen molar-refractivity contribution in [3.63, 3.8) is 0 Å². The molecule has 0 spiro atoms. The van der Waals surface area contributed by atoms with Crippen LogP contribution >= 0.6 is 0 Å². The van der Waals surface area contributed by atoms with Crippen molar-refractivity contribution in [3.05, 3.63) is 41.2 Å². The van der Waals surface area contributed by atoms with Crippen molar-refractivity contribution in [1.82, 2.24) is 0 Å². The second-order valence-corrected chi connectivity index (χ2v) is 7.33. The first kappa shape index (κ1) is 23.1. The first-order valence-electron chi connectivity index (χ1n) is 9.57. The van der Waals surface area contributed by atoms with E-state index in [-0.39, 0.29) is 24.2 Å².